The van der Waals surface area contributed by atoms with Gasteiger partial charge in [-0.15, -0.1) is 11.3 Å². The zero-order valence-electron chi connectivity index (χ0n) is 20.3. The van der Waals surface area contributed by atoms with Crippen LogP contribution in [0, 0.1) is 6.92 Å². The zero-order chi connectivity index (χ0) is 24.8. The smallest absolute Gasteiger partial charge is 0.138 e. The van der Waals surface area contributed by atoms with Crippen LogP contribution in [0.2, 0.25) is 0 Å². The first-order valence-corrected chi connectivity index (χ1v) is 13.2. The van der Waals surface area contributed by atoms with Crippen LogP contribution in [0.25, 0.3) is 54.9 Å². The van der Waals surface area contributed by atoms with Gasteiger partial charge in [0.15, 0.2) is 0 Å². The molecule has 0 aliphatic carbocycles. The molecule has 7 rings (SSSR count). The lowest BCUT2D eigenvalue weighted by atomic mass is 10.1. The number of hydrogen-bond donors (Lipinski definition) is 3. The van der Waals surface area contributed by atoms with Crippen LogP contribution in [0.5, 0.6) is 5.75 Å². The number of aromatic amines is 2. The Morgan fingerprint density at radius 3 is 2.68 bits per heavy atom. The lowest BCUT2D eigenvalue weighted by molar-refractivity contribution is 0.162. The number of piperidine rings is 1. The second kappa shape index (κ2) is 9.10. The van der Waals surface area contributed by atoms with E-state index in [2.05, 4.69) is 66.6 Å². The van der Waals surface area contributed by atoms with Crippen LogP contribution in [-0.2, 0) is 0 Å². The van der Waals surface area contributed by atoms with E-state index in [9.17, 15) is 0 Å². The SMILES string of the molecule is Cc1ccc(-c2cncc3[nH]c(-c4n[nH]c5cnc(-c6cncc(OC7CCNCC7)c6)cc45)cc23)s1. The molecule has 3 N–H and O–H groups in total. The van der Waals surface area contributed by atoms with Gasteiger partial charge in [0.1, 0.15) is 17.5 Å². The van der Waals surface area contributed by atoms with Crippen LogP contribution in [0.4, 0.5) is 0 Å². The molecular weight excluding hydrogens is 482 g/mol. The third-order valence-corrected chi connectivity index (χ3v) is 7.89. The van der Waals surface area contributed by atoms with E-state index in [1.165, 1.54) is 9.75 Å². The molecule has 184 valence electrons. The molecule has 1 fully saturated rings. The second-order valence-corrected chi connectivity index (χ2v) is 10.7. The monoisotopic (exact) mass is 507 g/mol. The molecule has 7 heterocycles. The van der Waals surface area contributed by atoms with E-state index in [-0.39, 0.29) is 6.10 Å². The van der Waals surface area contributed by atoms with Crippen molar-refractivity contribution in [2.75, 3.05) is 13.1 Å². The fraction of sp³-hybridized carbons (Fsp3) is 0.214. The highest BCUT2D eigenvalue weighted by Crippen LogP contribution is 2.36. The van der Waals surface area contributed by atoms with Crippen molar-refractivity contribution < 1.29 is 4.74 Å². The summed E-state index contributed by atoms with van der Waals surface area (Å²) in [5, 5.41) is 13.3. The molecule has 37 heavy (non-hydrogen) atoms. The lowest BCUT2D eigenvalue weighted by Gasteiger charge is -2.23. The standard InChI is InChI=1S/C28H25N7OS/c1-16-2-3-27(37-16)22-13-31-14-25-20(22)9-24(33-25)28-21-10-23(32-15-26(21)34-35-28)17-8-19(12-30-11-17)36-18-4-6-29-7-5-18/h2-3,8-15,18,29,33H,4-7H2,1H3,(H,34,35). The first kappa shape index (κ1) is 22.1. The Kier molecular flexibility index (Phi) is 5.44. The van der Waals surface area contributed by atoms with Crippen molar-refractivity contribution in [2.45, 2.75) is 25.9 Å². The number of fused-ring (bicyclic) bond motifs is 2. The van der Waals surface area contributed by atoms with E-state index < -0.39 is 0 Å². The maximum Gasteiger partial charge on any atom is 0.138 e. The summed E-state index contributed by atoms with van der Waals surface area (Å²) >= 11 is 1.77. The van der Waals surface area contributed by atoms with Gasteiger partial charge in [-0.25, -0.2) is 0 Å². The van der Waals surface area contributed by atoms with Crippen molar-refractivity contribution in [3.8, 4) is 38.8 Å². The van der Waals surface area contributed by atoms with Crippen LogP contribution >= 0.6 is 11.3 Å². The van der Waals surface area contributed by atoms with Crippen molar-refractivity contribution >= 4 is 33.1 Å². The Labute approximate surface area is 217 Å². The number of aromatic nitrogens is 6. The van der Waals surface area contributed by atoms with E-state index in [1.807, 2.05) is 30.9 Å². The summed E-state index contributed by atoms with van der Waals surface area (Å²) in [5.41, 5.74) is 6.50. The van der Waals surface area contributed by atoms with Crippen LogP contribution < -0.4 is 10.1 Å². The molecule has 0 unspecified atom stereocenters. The van der Waals surface area contributed by atoms with Gasteiger partial charge in [0.2, 0.25) is 0 Å². The van der Waals surface area contributed by atoms with Gasteiger partial charge in [0, 0.05) is 44.0 Å². The van der Waals surface area contributed by atoms with Gasteiger partial charge < -0.3 is 15.0 Å². The van der Waals surface area contributed by atoms with Gasteiger partial charge in [0.25, 0.3) is 0 Å². The van der Waals surface area contributed by atoms with E-state index in [1.54, 1.807) is 17.5 Å². The molecule has 6 aromatic heterocycles. The molecule has 9 heteroatoms. The quantitative estimate of drug-likeness (QED) is 0.275. The van der Waals surface area contributed by atoms with Gasteiger partial charge in [-0.2, -0.15) is 5.10 Å². The lowest BCUT2D eigenvalue weighted by Crippen LogP contribution is -2.34. The second-order valence-electron chi connectivity index (χ2n) is 9.41. The molecular formula is C28H25N7OS. The minimum absolute atomic E-state index is 0.216. The van der Waals surface area contributed by atoms with Crippen LogP contribution in [0.15, 0.2) is 61.3 Å². The molecule has 8 nitrogen and oxygen atoms in total. The number of ether oxygens (including phenoxy) is 1. The average Bonchev–Trinajstić information content (AvgIpc) is 3.66. The summed E-state index contributed by atoms with van der Waals surface area (Å²) in [6, 6.07) is 10.5. The summed E-state index contributed by atoms with van der Waals surface area (Å²) in [7, 11) is 0. The van der Waals surface area contributed by atoms with Crippen molar-refractivity contribution in [1.82, 2.24) is 35.5 Å². The number of nitrogens with zero attached hydrogens (tertiary/aromatic N) is 4. The van der Waals surface area contributed by atoms with E-state index in [0.717, 1.165) is 81.7 Å². The van der Waals surface area contributed by atoms with Crippen LogP contribution in [0.3, 0.4) is 0 Å². The minimum Gasteiger partial charge on any atom is -0.489 e. The molecule has 1 saturated heterocycles. The van der Waals surface area contributed by atoms with Crippen molar-refractivity contribution in [2.24, 2.45) is 0 Å². The van der Waals surface area contributed by atoms with Crippen molar-refractivity contribution in [1.29, 1.82) is 0 Å². The fourth-order valence-electron chi connectivity index (χ4n) is 4.96. The molecule has 0 aromatic carbocycles. The molecule has 0 saturated carbocycles. The highest BCUT2D eigenvalue weighted by atomic mass is 32.1. The Morgan fingerprint density at radius 2 is 1.81 bits per heavy atom. The molecule has 6 aromatic rings. The molecule has 1 aliphatic heterocycles. The van der Waals surface area contributed by atoms with Gasteiger partial charge >= 0.3 is 0 Å². The third-order valence-electron chi connectivity index (χ3n) is 6.85. The number of nitrogens with one attached hydrogen (secondary N) is 3. The zero-order valence-corrected chi connectivity index (χ0v) is 21.1. The Morgan fingerprint density at radius 1 is 0.919 bits per heavy atom. The molecule has 0 atom stereocenters. The van der Waals surface area contributed by atoms with Gasteiger partial charge in [-0.1, -0.05) is 0 Å². The Hall–Kier alpha value is -4.08. The fourth-order valence-corrected chi connectivity index (χ4v) is 5.85. The largest absolute Gasteiger partial charge is 0.489 e. The molecule has 0 bridgehead atoms. The summed E-state index contributed by atoms with van der Waals surface area (Å²) in [6.45, 7) is 4.09. The number of aryl methyl sites for hydroxylation is 1. The normalized spacial score (nSPS) is 14.5. The molecule has 0 spiro atoms. The molecule has 1 aliphatic rings. The summed E-state index contributed by atoms with van der Waals surface area (Å²) in [6.07, 6.45) is 11.4. The highest BCUT2D eigenvalue weighted by Gasteiger charge is 2.17. The number of hydrogen-bond acceptors (Lipinski definition) is 7. The molecule has 0 amide bonds. The van der Waals surface area contributed by atoms with Crippen molar-refractivity contribution in [3.05, 3.63) is 66.2 Å². The van der Waals surface area contributed by atoms with Crippen molar-refractivity contribution in [3.63, 3.8) is 0 Å². The topological polar surface area (TPSA) is 104 Å². The van der Waals surface area contributed by atoms with Gasteiger partial charge in [-0.05, 0) is 63.2 Å². The maximum absolute atomic E-state index is 6.21. The van der Waals surface area contributed by atoms with Gasteiger partial charge in [0.05, 0.1) is 41.0 Å². The summed E-state index contributed by atoms with van der Waals surface area (Å²) < 4.78 is 6.21. The summed E-state index contributed by atoms with van der Waals surface area (Å²) in [5.74, 6) is 0.776. The highest BCUT2D eigenvalue weighted by molar-refractivity contribution is 7.15. The number of H-pyrrole nitrogens is 2. The van der Waals surface area contributed by atoms with Crippen LogP contribution in [-0.4, -0.2) is 49.3 Å². The minimum atomic E-state index is 0.216. The van der Waals surface area contributed by atoms with E-state index in [0.29, 0.717) is 0 Å². The van der Waals surface area contributed by atoms with E-state index >= 15 is 0 Å². The number of thiophene rings is 1. The number of rotatable bonds is 5. The average molecular weight is 508 g/mol. The molecule has 0 radical (unpaired) electrons. The predicted octanol–water partition coefficient (Wildman–Crippen LogP) is 5.73. The Bertz CT molecular complexity index is 1730. The first-order chi connectivity index (χ1) is 18.2. The van der Waals surface area contributed by atoms with E-state index in [4.69, 9.17) is 4.74 Å². The van der Waals surface area contributed by atoms with Gasteiger partial charge in [-0.3, -0.25) is 20.1 Å². The maximum atomic E-state index is 6.21. The predicted molar refractivity (Wildman–Crippen MR) is 147 cm³/mol. The first-order valence-electron chi connectivity index (χ1n) is 12.4. The third kappa shape index (κ3) is 4.16. The Balaban J connectivity index is 1.26. The summed E-state index contributed by atoms with van der Waals surface area (Å²) in [4.78, 5) is 19.6. The number of pyridine rings is 3. The van der Waals surface area contributed by atoms with Crippen LogP contribution in [0.1, 0.15) is 17.7 Å².